The second kappa shape index (κ2) is 6.51. The zero-order chi connectivity index (χ0) is 13.6. The number of hydrogen-bond acceptors (Lipinski definition) is 4. The molecule has 0 spiro atoms. The van der Waals surface area contributed by atoms with E-state index in [-0.39, 0.29) is 12.2 Å². The normalized spacial score (nSPS) is 13.0. The van der Waals surface area contributed by atoms with Crippen molar-refractivity contribution in [2.24, 2.45) is 5.73 Å². The van der Waals surface area contributed by atoms with E-state index in [9.17, 15) is 13.2 Å². The fraction of sp³-hybridized carbons (Fsp3) is 0.417. The lowest BCUT2D eigenvalue weighted by molar-refractivity contribution is -0.119. The molecule has 1 unspecified atom stereocenters. The molecule has 6 heteroatoms. The van der Waals surface area contributed by atoms with Gasteiger partial charge in [-0.2, -0.15) is 0 Å². The van der Waals surface area contributed by atoms with Crippen LogP contribution in [0.25, 0.3) is 0 Å². The number of amides is 1. The van der Waals surface area contributed by atoms with Gasteiger partial charge < -0.3 is 5.73 Å². The third-order valence-corrected chi connectivity index (χ3v) is 3.86. The molecule has 0 saturated carbocycles. The second-order valence-electron chi connectivity index (χ2n) is 4.07. The number of nitrogens with one attached hydrogen (secondary N) is 1. The van der Waals surface area contributed by atoms with E-state index in [1.807, 2.05) is 22.9 Å². The maximum atomic E-state index is 11.5. The highest BCUT2D eigenvalue weighted by Gasteiger charge is 2.16. The highest BCUT2D eigenvalue weighted by molar-refractivity contribution is 7.90. The van der Waals surface area contributed by atoms with Gasteiger partial charge in [-0.1, -0.05) is 37.3 Å². The second-order valence-corrected chi connectivity index (χ2v) is 5.91. The smallest absolute Gasteiger partial charge is 0.235 e. The zero-order valence-electron chi connectivity index (χ0n) is 10.3. The number of hydrogen-bond donors (Lipinski definition) is 2. The minimum atomic E-state index is -3.51. The lowest BCUT2D eigenvalue weighted by Crippen LogP contribution is -2.34. The van der Waals surface area contributed by atoms with Crippen LogP contribution in [0.5, 0.6) is 0 Å². The standard InChI is InChI=1S/C12H18N2O3S/c1-2-8-18(16,17)14-12(15)9-11(13)10-6-4-3-5-7-10/h3-7,11H,2,8-9,13H2,1H3,(H,14,15). The molecule has 100 valence electrons. The fourth-order valence-electron chi connectivity index (χ4n) is 1.55. The molecule has 0 aliphatic heterocycles. The van der Waals surface area contributed by atoms with E-state index < -0.39 is 22.0 Å². The molecule has 0 aromatic heterocycles. The van der Waals surface area contributed by atoms with Gasteiger partial charge in [-0.25, -0.2) is 8.42 Å². The summed E-state index contributed by atoms with van der Waals surface area (Å²) in [6.45, 7) is 1.74. The Morgan fingerprint density at radius 2 is 1.94 bits per heavy atom. The summed E-state index contributed by atoms with van der Waals surface area (Å²) >= 11 is 0. The van der Waals surface area contributed by atoms with Gasteiger partial charge in [0.15, 0.2) is 0 Å². The Labute approximate surface area is 107 Å². The average molecular weight is 270 g/mol. The molecule has 3 N–H and O–H groups in total. The summed E-state index contributed by atoms with van der Waals surface area (Å²) in [5.41, 5.74) is 6.64. The summed E-state index contributed by atoms with van der Waals surface area (Å²) in [5, 5.41) is 0. The third-order valence-electron chi connectivity index (χ3n) is 2.38. The van der Waals surface area contributed by atoms with Crippen molar-refractivity contribution in [3.05, 3.63) is 35.9 Å². The van der Waals surface area contributed by atoms with Gasteiger partial charge in [0.25, 0.3) is 0 Å². The lowest BCUT2D eigenvalue weighted by Gasteiger charge is -2.12. The maximum absolute atomic E-state index is 11.5. The van der Waals surface area contributed by atoms with Crippen molar-refractivity contribution in [2.75, 3.05) is 5.75 Å². The van der Waals surface area contributed by atoms with Crippen LogP contribution in [0.15, 0.2) is 30.3 Å². The molecule has 0 aliphatic rings. The fourth-order valence-corrected chi connectivity index (χ4v) is 2.62. The summed E-state index contributed by atoms with van der Waals surface area (Å²) in [7, 11) is -3.51. The summed E-state index contributed by atoms with van der Waals surface area (Å²) in [5.74, 6) is -0.626. The molecule has 0 bridgehead atoms. The Morgan fingerprint density at radius 3 is 2.50 bits per heavy atom. The van der Waals surface area contributed by atoms with Crippen LogP contribution in [-0.2, 0) is 14.8 Å². The minimum Gasteiger partial charge on any atom is -0.324 e. The Bertz CT molecular complexity index is 485. The first-order valence-corrected chi connectivity index (χ1v) is 7.43. The summed E-state index contributed by atoms with van der Waals surface area (Å²) in [6.07, 6.45) is 0.417. The average Bonchev–Trinajstić information content (AvgIpc) is 2.28. The Kier molecular flexibility index (Phi) is 5.30. The number of rotatable bonds is 6. The van der Waals surface area contributed by atoms with Gasteiger partial charge in [0.2, 0.25) is 15.9 Å². The van der Waals surface area contributed by atoms with Crippen LogP contribution in [-0.4, -0.2) is 20.1 Å². The van der Waals surface area contributed by atoms with Gasteiger partial charge >= 0.3 is 0 Å². The van der Waals surface area contributed by atoms with Gasteiger partial charge in [0, 0.05) is 12.5 Å². The van der Waals surface area contributed by atoms with Crippen LogP contribution in [0.4, 0.5) is 0 Å². The molecule has 0 heterocycles. The third kappa shape index (κ3) is 4.85. The van der Waals surface area contributed by atoms with Crippen molar-refractivity contribution in [1.29, 1.82) is 0 Å². The first-order chi connectivity index (χ1) is 8.44. The number of sulfonamides is 1. The SMILES string of the molecule is CCCS(=O)(=O)NC(=O)CC(N)c1ccccc1. The zero-order valence-corrected chi connectivity index (χ0v) is 11.1. The van der Waals surface area contributed by atoms with E-state index in [2.05, 4.69) is 0 Å². The Balaban J connectivity index is 2.56. The predicted octanol–water partition coefficient (Wildman–Crippen LogP) is 0.932. The van der Waals surface area contributed by atoms with Crippen molar-refractivity contribution >= 4 is 15.9 Å². The van der Waals surface area contributed by atoms with Crippen molar-refractivity contribution in [1.82, 2.24) is 4.72 Å². The van der Waals surface area contributed by atoms with Gasteiger partial charge in [-0.05, 0) is 12.0 Å². The molecule has 0 radical (unpaired) electrons. The van der Waals surface area contributed by atoms with Gasteiger partial charge in [0.05, 0.1) is 5.75 Å². The summed E-state index contributed by atoms with van der Waals surface area (Å²) in [4.78, 5) is 11.5. The minimum absolute atomic E-state index is 0.0487. The highest BCUT2D eigenvalue weighted by Crippen LogP contribution is 2.13. The van der Waals surface area contributed by atoms with Crippen molar-refractivity contribution in [3.8, 4) is 0 Å². The molecule has 1 aromatic carbocycles. The van der Waals surface area contributed by atoms with Crippen molar-refractivity contribution in [3.63, 3.8) is 0 Å². The number of carbonyl (C=O) groups is 1. The molecule has 0 saturated heterocycles. The van der Waals surface area contributed by atoms with Crippen molar-refractivity contribution < 1.29 is 13.2 Å². The van der Waals surface area contributed by atoms with Gasteiger partial charge in [-0.15, -0.1) is 0 Å². The van der Waals surface area contributed by atoms with Crippen LogP contribution < -0.4 is 10.5 Å². The first kappa shape index (κ1) is 14.7. The quantitative estimate of drug-likeness (QED) is 0.804. The van der Waals surface area contributed by atoms with E-state index >= 15 is 0 Å². The van der Waals surface area contributed by atoms with E-state index in [1.165, 1.54) is 0 Å². The van der Waals surface area contributed by atoms with E-state index in [1.54, 1.807) is 19.1 Å². The highest BCUT2D eigenvalue weighted by atomic mass is 32.2. The Morgan fingerprint density at radius 1 is 1.33 bits per heavy atom. The molecule has 5 nitrogen and oxygen atoms in total. The number of carbonyl (C=O) groups excluding carboxylic acids is 1. The molecule has 1 amide bonds. The van der Waals surface area contributed by atoms with Crippen LogP contribution in [0.3, 0.4) is 0 Å². The van der Waals surface area contributed by atoms with Crippen LogP contribution in [0, 0.1) is 0 Å². The molecule has 1 atom stereocenters. The van der Waals surface area contributed by atoms with Crippen molar-refractivity contribution in [2.45, 2.75) is 25.8 Å². The molecule has 18 heavy (non-hydrogen) atoms. The molecule has 0 aliphatic carbocycles. The Hall–Kier alpha value is -1.40. The van der Waals surface area contributed by atoms with E-state index in [0.717, 1.165) is 5.56 Å². The molecule has 0 fully saturated rings. The molecular formula is C12H18N2O3S. The molecule has 1 aromatic rings. The number of benzene rings is 1. The van der Waals surface area contributed by atoms with Crippen LogP contribution in [0.2, 0.25) is 0 Å². The first-order valence-electron chi connectivity index (χ1n) is 5.78. The molecular weight excluding hydrogens is 252 g/mol. The van der Waals surface area contributed by atoms with Gasteiger partial charge in [-0.3, -0.25) is 9.52 Å². The predicted molar refractivity (Wildman–Crippen MR) is 70.2 cm³/mol. The maximum Gasteiger partial charge on any atom is 0.235 e. The van der Waals surface area contributed by atoms with Crippen LogP contribution in [0.1, 0.15) is 31.4 Å². The van der Waals surface area contributed by atoms with Gasteiger partial charge in [0.1, 0.15) is 0 Å². The largest absolute Gasteiger partial charge is 0.324 e. The summed E-state index contributed by atoms with van der Waals surface area (Å²) < 4.78 is 24.8. The van der Waals surface area contributed by atoms with E-state index in [0.29, 0.717) is 6.42 Å². The molecule has 1 rings (SSSR count). The van der Waals surface area contributed by atoms with Crippen LogP contribution >= 0.6 is 0 Å². The topological polar surface area (TPSA) is 89.3 Å². The lowest BCUT2D eigenvalue weighted by atomic mass is 10.1. The summed E-state index contributed by atoms with van der Waals surface area (Å²) in [6, 6.07) is 8.60. The monoisotopic (exact) mass is 270 g/mol. The van der Waals surface area contributed by atoms with E-state index in [4.69, 9.17) is 5.73 Å². The number of nitrogens with two attached hydrogens (primary N) is 1.